The largest absolute Gasteiger partial charge is 0.334 e. The minimum Gasteiger partial charge on any atom is -0.334 e. The van der Waals surface area contributed by atoms with Crippen molar-refractivity contribution < 1.29 is 9.18 Å². The van der Waals surface area contributed by atoms with Gasteiger partial charge in [0.15, 0.2) is 0 Å². The SMILES string of the molecule is O=C(NCc1ccccc1)N1CCCC1c1ccc(F)cc1. The maximum atomic E-state index is 13.0. The summed E-state index contributed by atoms with van der Waals surface area (Å²) in [5.41, 5.74) is 2.07. The van der Waals surface area contributed by atoms with Crippen molar-refractivity contribution >= 4 is 6.03 Å². The molecule has 1 aliphatic rings. The maximum Gasteiger partial charge on any atom is 0.318 e. The Morgan fingerprint density at radius 2 is 1.86 bits per heavy atom. The Morgan fingerprint density at radius 1 is 1.14 bits per heavy atom. The molecule has 4 heteroatoms. The summed E-state index contributed by atoms with van der Waals surface area (Å²) in [6.07, 6.45) is 1.89. The second kappa shape index (κ2) is 6.60. The number of urea groups is 1. The van der Waals surface area contributed by atoms with E-state index in [9.17, 15) is 9.18 Å². The molecule has 1 atom stereocenters. The van der Waals surface area contributed by atoms with Crippen molar-refractivity contribution in [3.63, 3.8) is 0 Å². The highest BCUT2D eigenvalue weighted by molar-refractivity contribution is 5.75. The van der Waals surface area contributed by atoms with Crippen LogP contribution in [0.25, 0.3) is 0 Å². The number of carbonyl (C=O) groups excluding carboxylic acids is 1. The zero-order chi connectivity index (χ0) is 15.4. The molecule has 1 fully saturated rings. The van der Waals surface area contributed by atoms with Crippen LogP contribution in [-0.2, 0) is 6.54 Å². The summed E-state index contributed by atoms with van der Waals surface area (Å²) < 4.78 is 13.0. The number of carbonyl (C=O) groups is 1. The van der Waals surface area contributed by atoms with E-state index in [1.54, 1.807) is 12.1 Å². The Balaban J connectivity index is 1.65. The molecule has 0 aromatic heterocycles. The Hall–Kier alpha value is -2.36. The van der Waals surface area contributed by atoms with Gasteiger partial charge in [0, 0.05) is 13.1 Å². The number of nitrogens with zero attached hydrogens (tertiary/aromatic N) is 1. The van der Waals surface area contributed by atoms with Gasteiger partial charge in [-0.05, 0) is 36.1 Å². The third-order valence-corrected chi connectivity index (χ3v) is 4.06. The summed E-state index contributed by atoms with van der Waals surface area (Å²) in [4.78, 5) is 14.3. The van der Waals surface area contributed by atoms with Crippen LogP contribution in [-0.4, -0.2) is 17.5 Å². The molecule has 1 N–H and O–H groups in total. The predicted molar refractivity (Wildman–Crippen MR) is 83.8 cm³/mol. The lowest BCUT2D eigenvalue weighted by Gasteiger charge is -2.25. The lowest BCUT2D eigenvalue weighted by atomic mass is 10.0. The molecular weight excluding hydrogens is 279 g/mol. The van der Waals surface area contributed by atoms with Crippen molar-refractivity contribution in [3.05, 3.63) is 71.5 Å². The molecule has 0 bridgehead atoms. The van der Waals surface area contributed by atoms with E-state index in [-0.39, 0.29) is 17.9 Å². The van der Waals surface area contributed by atoms with E-state index in [4.69, 9.17) is 0 Å². The Bertz CT molecular complexity index is 627. The molecule has 0 spiro atoms. The van der Waals surface area contributed by atoms with Crippen molar-refractivity contribution in [3.8, 4) is 0 Å². The minimum absolute atomic E-state index is 0.0383. The fourth-order valence-corrected chi connectivity index (χ4v) is 2.92. The zero-order valence-corrected chi connectivity index (χ0v) is 12.3. The normalized spacial score (nSPS) is 17.5. The number of hydrogen-bond donors (Lipinski definition) is 1. The van der Waals surface area contributed by atoms with Gasteiger partial charge in [-0.2, -0.15) is 0 Å². The van der Waals surface area contributed by atoms with Crippen LogP contribution in [0.15, 0.2) is 54.6 Å². The van der Waals surface area contributed by atoms with Crippen LogP contribution in [0.4, 0.5) is 9.18 Å². The van der Waals surface area contributed by atoms with Crippen molar-refractivity contribution in [1.29, 1.82) is 0 Å². The third-order valence-electron chi connectivity index (χ3n) is 4.06. The van der Waals surface area contributed by atoms with E-state index in [0.717, 1.165) is 30.5 Å². The highest BCUT2D eigenvalue weighted by Gasteiger charge is 2.29. The molecular formula is C18H19FN2O. The fraction of sp³-hybridized carbons (Fsp3) is 0.278. The van der Waals surface area contributed by atoms with Crippen molar-refractivity contribution in [2.75, 3.05) is 6.54 Å². The van der Waals surface area contributed by atoms with Gasteiger partial charge in [0.2, 0.25) is 0 Å². The first-order chi connectivity index (χ1) is 10.7. The van der Waals surface area contributed by atoms with Gasteiger partial charge >= 0.3 is 6.03 Å². The monoisotopic (exact) mass is 298 g/mol. The first-order valence-electron chi connectivity index (χ1n) is 7.58. The summed E-state index contributed by atoms with van der Waals surface area (Å²) in [6, 6.07) is 16.3. The molecule has 1 saturated heterocycles. The van der Waals surface area contributed by atoms with Gasteiger partial charge in [-0.1, -0.05) is 42.5 Å². The second-order valence-electron chi connectivity index (χ2n) is 5.55. The molecule has 3 rings (SSSR count). The van der Waals surface area contributed by atoms with Gasteiger partial charge in [0.1, 0.15) is 5.82 Å². The fourth-order valence-electron chi connectivity index (χ4n) is 2.92. The summed E-state index contributed by atoms with van der Waals surface area (Å²) in [5.74, 6) is -0.248. The molecule has 22 heavy (non-hydrogen) atoms. The van der Waals surface area contributed by atoms with Gasteiger partial charge in [-0.25, -0.2) is 9.18 Å². The molecule has 2 amide bonds. The predicted octanol–water partition coefficient (Wildman–Crippen LogP) is 3.87. The summed E-state index contributed by atoms with van der Waals surface area (Å²) in [6.45, 7) is 1.26. The van der Waals surface area contributed by atoms with E-state index in [1.807, 2.05) is 35.2 Å². The van der Waals surface area contributed by atoms with Crippen molar-refractivity contribution in [2.45, 2.75) is 25.4 Å². The van der Waals surface area contributed by atoms with E-state index in [0.29, 0.717) is 6.54 Å². The van der Waals surface area contributed by atoms with Crippen LogP contribution < -0.4 is 5.32 Å². The number of benzene rings is 2. The number of likely N-dealkylation sites (tertiary alicyclic amines) is 1. The average Bonchev–Trinajstić information content (AvgIpc) is 3.04. The molecule has 114 valence electrons. The molecule has 0 aliphatic carbocycles. The summed E-state index contributed by atoms with van der Waals surface area (Å²) in [7, 11) is 0. The zero-order valence-electron chi connectivity index (χ0n) is 12.3. The second-order valence-corrected chi connectivity index (χ2v) is 5.55. The van der Waals surface area contributed by atoms with Gasteiger partial charge in [-0.15, -0.1) is 0 Å². The standard InChI is InChI=1S/C18H19FN2O/c19-16-10-8-15(9-11-16)17-7-4-12-21(17)18(22)20-13-14-5-2-1-3-6-14/h1-3,5-6,8-11,17H,4,7,12-13H2,(H,20,22). The van der Waals surface area contributed by atoms with Crippen LogP contribution in [0, 0.1) is 5.82 Å². The van der Waals surface area contributed by atoms with E-state index in [2.05, 4.69) is 5.32 Å². The molecule has 1 unspecified atom stereocenters. The van der Waals surface area contributed by atoms with Crippen LogP contribution in [0.3, 0.4) is 0 Å². The van der Waals surface area contributed by atoms with Gasteiger partial charge in [0.25, 0.3) is 0 Å². The first-order valence-corrected chi connectivity index (χ1v) is 7.58. The smallest absolute Gasteiger partial charge is 0.318 e. The van der Waals surface area contributed by atoms with E-state index in [1.165, 1.54) is 12.1 Å². The topological polar surface area (TPSA) is 32.3 Å². The third kappa shape index (κ3) is 3.27. The van der Waals surface area contributed by atoms with Crippen molar-refractivity contribution in [2.24, 2.45) is 0 Å². The minimum atomic E-state index is -0.248. The molecule has 3 nitrogen and oxygen atoms in total. The van der Waals surface area contributed by atoms with Gasteiger partial charge < -0.3 is 10.2 Å². The highest BCUT2D eigenvalue weighted by Crippen LogP contribution is 2.31. The van der Waals surface area contributed by atoms with Crippen LogP contribution >= 0.6 is 0 Å². The number of rotatable bonds is 3. The van der Waals surface area contributed by atoms with Crippen LogP contribution in [0.5, 0.6) is 0 Å². The van der Waals surface area contributed by atoms with Crippen LogP contribution in [0.1, 0.15) is 30.0 Å². The van der Waals surface area contributed by atoms with E-state index >= 15 is 0 Å². The molecule has 0 saturated carbocycles. The van der Waals surface area contributed by atoms with Gasteiger partial charge in [0.05, 0.1) is 6.04 Å². The van der Waals surface area contributed by atoms with E-state index < -0.39 is 0 Å². The molecule has 1 heterocycles. The maximum absolute atomic E-state index is 13.0. The number of nitrogens with one attached hydrogen (secondary N) is 1. The highest BCUT2D eigenvalue weighted by atomic mass is 19.1. The lowest BCUT2D eigenvalue weighted by Crippen LogP contribution is -2.39. The van der Waals surface area contributed by atoms with Crippen molar-refractivity contribution in [1.82, 2.24) is 10.2 Å². The Labute approximate surface area is 129 Å². The molecule has 0 radical (unpaired) electrons. The summed E-state index contributed by atoms with van der Waals surface area (Å²) in [5, 5.41) is 2.96. The molecule has 1 aliphatic heterocycles. The molecule has 2 aromatic carbocycles. The van der Waals surface area contributed by atoms with Gasteiger partial charge in [-0.3, -0.25) is 0 Å². The number of halogens is 1. The first kappa shape index (κ1) is 14.6. The number of amides is 2. The lowest BCUT2D eigenvalue weighted by molar-refractivity contribution is 0.192. The number of hydrogen-bond acceptors (Lipinski definition) is 1. The average molecular weight is 298 g/mol. The molecule has 2 aromatic rings. The van der Waals surface area contributed by atoms with Crippen LogP contribution in [0.2, 0.25) is 0 Å². The Kier molecular flexibility index (Phi) is 4.37. The quantitative estimate of drug-likeness (QED) is 0.916. The Morgan fingerprint density at radius 3 is 2.59 bits per heavy atom. The summed E-state index contributed by atoms with van der Waals surface area (Å²) >= 11 is 0.